The Balaban J connectivity index is 1.04. The third kappa shape index (κ3) is 7.25. The summed E-state index contributed by atoms with van der Waals surface area (Å²) in [6.45, 7) is 8.48. The van der Waals surface area contributed by atoms with E-state index in [4.69, 9.17) is 0 Å². The molecule has 402 valence electrons. The van der Waals surface area contributed by atoms with Crippen molar-refractivity contribution in [1.29, 1.82) is 21.0 Å². The minimum atomic E-state index is -0.876. The zero-order valence-electron chi connectivity index (χ0n) is 47.1. The summed E-state index contributed by atoms with van der Waals surface area (Å²) in [6, 6.07) is 76.9. The van der Waals surface area contributed by atoms with Gasteiger partial charge in [-0.2, -0.15) is 21.0 Å². The predicted molar refractivity (Wildman–Crippen MR) is 345 cm³/mol. The second kappa shape index (κ2) is 19.4. The lowest BCUT2D eigenvalue weighted by molar-refractivity contribution is 0.103. The number of nitrogens with zero attached hydrogens (tertiary/aromatic N) is 4. The van der Waals surface area contributed by atoms with Gasteiger partial charge < -0.3 is 0 Å². The summed E-state index contributed by atoms with van der Waals surface area (Å²) in [7, 11) is 0. The minimum Gasteiger partial charge on any atom is -0.289 e. The highest BCUT2D eigenvalue weighted by Gasteiger charge is 2.53. The molecule has 0 spiro atoms. The average Bonchev–Trinajstić information content (AvgIpc) is 1.50. The zero-order valence-corrected chi connectivity index (χ0v) is 48.7. The number of hydrogen-bond acceptors (Lipinski definition) is 8. The smallest absolute Gasteiger partial charge is 0.194 e. The summed E-state index contributed by atoms with van der Waals surface area (Å²) in [5.74, 6) is -0.441. The molecule has 0 fully saturated rings. The van der Waals surface area contributed by atoms with Gasteiger partial charge in [0.05, 0.1) is 10.8 Å². The van der Waals surface area contributed by atoms with Crippen molar-refractivity contribution < 1.29 is 9.59 Å². The number of rotatable bonds is 6. The van der Waals surface area contributed by atoms with Gasteiger partial charge in [0, 0.05) is 52.6 Å². The number of benzene rings is 9. The fourth-order valence-corrected chi connectivity index (χ4v) is 16.4. The molecule has 2 aromatic heterocycles. The van der Waals surface area contributed by atoms with Crippen LogP contribution in [0, 0.1) is 73.0 Å². The van der Waals surface area contributed by atoms with Gasteiger partial charge in [-0.15, -0.1) is 22.7 Å². The Labute approximate surface area is 505 Å². The van der Waals surface area contributed by atoms with Crippen molar-refractivity contribution >= 4 is 77.7 Å². The summed E-state index contributed by atoms with van der Waals surface area (Å²) < 4.78 is 2.06. The van der Waals surface area contributed by atoms with Crippen LogP contribution in [0.2, 0.25) is 0 Å². The molecule has 0 unspecified atom stereocenters. The maximum atomic E-state index is 14.4. The average molecular weight is 1140 g/mol. The largest absolute Gasteiger partial charge is 0.289 e. The number of fused-ring (bicyclic) bond motifs is 12. The lowest BCUT2D eigenvalue weighted by atomic mass is 9.65. The molecule has 0 aliphatic heterocycles. The van der Waals surface area contributed by atoms with Crippen molar-refractivity contribution in [2.45, 2.75) is 38.5 Å². The fourth-order valence-electron chi connectivity index (χ4n) is 14.3. The van der Waals surface area contributed by atoms with E-state index in [2.05, 4.69) is 198 Å². The van der Waals surface area contributed by atoms with Gasteiger partial charge in [-0.05, 0) is 165 Å². The first kappa shape index (κ1) is 52.0. The summed E-state index contributed by atoms with van der Waals surface area (Å²) in [5.41, 5.74) is 19.4. The Bertz CT molecular complexity index is 4750. The second-order valence-corrected chi connectivity index (χ2v) is 25.0. The molecule has 0 radical (unpaired) electrons. The lowest BCUT2D eigenvalue weighted by Gasteiger charge is -2.36. The van der Waals surface area contributed by atoms with Crippen LogP contribution in [0.15, 0.2) is 216 Å². The molecule has 9 aromatic carbocycles. The first-order valence-electron chi connectivity index (χ1n) is 28.3. The van der Waals surface area contributed by atoms with Crippen LogP contribution in [-0.4, -0.2) is 11.6 Å². The van der Waals surface area contributed by atoms with E-state index in [1.165, 1.54) is 0 Å². The summed E-state index contributed by atoms with van der Waals surface area (Å²) in [4.78, 5) is 30.4. The van der Waals surface area contributed by atoms with Gasteiger partial charge in [-0.1, -0.05) is 180 Å². The van der Waals surface area contributed by atoms with Crippen LogP contribution in [0.3, 0.4) is 0 Å². The van der Waals surface area contributed by atoms with Gasteiger partial charge in [0.25, 0.3) is 0 Å². The molecule has 2 heterocycles. The van der Waals surface area contributed by atoms with E-state index in [1.54, 1.807) is 34.8 Å². The van der Waals surface area contributed by atoms with E-state index in [0.717, 1.165) is 119 Å². The maximum absolute atomic E-state index is 14.4. The molecule has 0 bridgehead atoms. The van der Waals surface area contributed by atoms with E-state index in [1.807, 2.05) is 48.6 Å². The summed E-state index contributed by atoms with van der Waals surface area (Å²) in [5, 5.41) is 43.1. The molecular formula is C78H46N4O2S2. The van der Waals surface area contributed by atoms with Crippen LogP contribution < -0.4 is 0 Å². The first-order valence-corrected chi connectivity index (χ1v) is 30.0. The van der Waals surface area contributed by atoms with Gasteiger partial charge in [0.15, 0.2) is 11.6 Å². The quantitative estimate of drug-likeness (QED) is 0.120. The van der Waals surface area contributed by atoms with Crippen LogP contribution >= 0.6 is 22.7 Å². The number of hydrogen-bond donors (Lipinski definition) is 0. The van der Waals surface area contributed by atoms with Gasteiger partial charge in [0.1, 0.15) is 35.4 Å². The number of carbonyl (C=O) groups excluding carboxylic acids is 2. The van der Waals surface area contributed by atoms with E-state index in [-0.39, 0.29) is 22.7 Å². The van der Waals surface area contributed by atoms with Crippen LogP contribution in [-0.2, 0) is 10.8 Å². The van der Waals surface area contributed by atoms with Crippen molar-refractivity contribution in [1.82, 2.24) is 0 Å². The number of carbonyl (C=O) groups is 2. The molecule has 86 heavy (non-hydrogen) atoms. The highest BCUT2D eigenvalue weighted by molar-refractivity contribution is 7.20. The molecule has 6 nitrogen and oxygen atoms in total. The zero-order chi connectivity index (χ0) is 58.9. The molecule has 4 aliphatic rings. The lowest BCUT2D eigenvalue weighted by Crippen LogP contribution is -2.30. The molecule has 0 saturated heterocycles. The molecule has 0 atom stereocenters. The number of thiophene rings is 2. The Morgan fingerprint density at radius 1 is 0.372 bits per heavy atom. The van der Waals surface area contributed by atoms with Crippen LogP contribution in [0.1, 0.15) is 108 Å². The molecule has 0 saturated carbocycles. The van der Waals surface area contributed by atoms with E-state index < -0.39 is 10.8 Å². The number of Topliss-reactive ketones (excluding diaryl/α,β-unsaturated/α-hetero) is 2. The molecule has 0 amide bonds. The van der Waals surface area contributed by atoms with Gasteiger partial charge in [-0.3, -0.25) is 9.59 Å². The highest BCUT2D eigenvalue weighted by atomic mass is 32.1. The van der Waals surface area contributed by atoms with Gasteiger partial charge in [0.2, 0.25) is 0 Å². The van der Waals surface area contributed by atoms with Gasteiger partial charge >= 0.3 is 0 Å². The Morgan fingerprint density at radius 3 is 1.00 bits per heavy atom. The third-order valence-electron chi connectivity index (χ3n) is 18.1. The minimum absolute atomic E-state index is 0.103. The SMILES string of the molecule is Cc1ccc(C2(c3ccc(C)cc3)c3cc4c(cc3-c3ccc5sc(/C=C6\C(=O)c7ccccc7C6=C(C#N)C#N)cc5c32)C(c2ccc(C)cc2)(c2ccc(C)cc2)c2c-4ccc3sc(/C=C4\C(=O)c5ccccc5C4=C(C#N)C#N)cc23)cc1. The first-order chi connectivity index (χ1) is 41.9. The molecule has 4 aliphatic carbocycles. The molecule has 15 rings (SSSR count). The van der Waals surface area contributed by atoms with Crippen LogP contribution in [0.4, 0.5) is 0 Å². The Kier molecular flexibility index (Phi) is 11.7. The number of allylic oxidation sites excluding steroid dienone is 6. The topological polar surface area (TPSA) is 129 Å². The predicted octanol–water partition coefficient (Wildman–Crippen LogP) is 18.2. The summed E-state index contributed by atoms with van der Waals surface area (Å²) >= 11 is 3.18. The highest BCUT2D eigenvalue weighted by Crippen LogP contribution is 2.65. The van der Waals surface area contributed by atoms with Crippen molar-refractivity contribution in [2.75, 3.05) is 0 Å². The second-order valence-electron chi connectivity index (χ2n) is 22.8. The van der Waals surface area contributed by atoms with Gasteiger partial charge in [-0.25, -0.2) is 0 Å². The Hall–Kier alpha value is -10.8. The van der Waals surface area contributed by atoms with Crippen LogP contribution in [0.25, 0.3) is 65.7 Å². The van der Waals surface area contributed by atoms with Crippen molar-refractivity contribution in [2.24, 2.45) is 0 Å². The monoisotopic (exact) mass is 1130 g/mol. The van der Waals surface area contributed by atoms with Crippen molar-refractivity contribution in [3.63, 3.8) is 0 Å². The summed E-state index contributed by atoms with van der Waals surface area (Å²) in [6.07, 6.45) is 3.74. The van der Waals surface area contributed by atoms with E-state index in [0.29, 0.717) is 44.5 Å². The number of aryl methyl sites for hydroxylation is 4. The van der Waals surface area contributed by atoms with Crippen molar-refractivity contribution in [3.05, 3.63) is 315 Å². The molecular weight excluding hydrogens is 1090 g/mol. The molecule has 0 N–H and O–H groups in total. The van der Waals surface area contributed by atoms with Crippen molar-refractivity contribution in [3.8, 4) is 46.5 Å². The number of nitriles is 4. The van der Waals surface area contributed by atoms with Crippen LogP contribution in [0.5, 0.6) is 0 Å². The normalized spacial score (nSPS) is 15.4. The van der Waals surface area contributed by atoms with E-state index in [9.17, 15) is 30.6 Å². The Morgan fingerprint density at radius 2 is 0.686 bits per heavy atom. The molecule has 8 heteroatoms. The molecule has 11 aromatic rings. The van der Waals surface area contributed by atoms with E-state index >= 15 is 0 Å². The standard InChI is InChI=1S/C78H46N4O2S2/c1-43-13-21-49(22-14-43)77(50-23-15-44(2)16-24-50)67-37-62-58-30-32-70-64(34-54(86-70)36-66-72(48(41-81)42-82)56-10-6-8-12-60(56)76(66)84)74(58)78(51-25-17-45(3)18-26-51,52-27-19-46(4)20-28-52)68(62)38-61(67)57-29-31-69-63(73(57)77)33-53(85-69)35-65-71(47(39-79)40-80)55-9-5-7-11-59(55)75(65)83/h5-38H,1-4H3/b65-35-,66-36-. The maximum Gasteiger partial charge on any atom is 0.194 e. The fraction of sp³-hybridized carbons (Fsp3) is 0.0769. The third-order valence-corrected chi connectivity index (χ3v) is 20.2. The number of ketones is 2.